The summed E-state index contributed by atoms with van der Waals surface area (Å²) in [7, 11) is 0. The van der Waals surface area contributed by atoms with Crippen molar-refractivity contribution in [1.82, 2.24) is 4.90 Å². The van der Waals surface area contributed by atoms with Gasteiger partial charge < -0.3 is 5.73 Å². The Morgan fingerprint density at radius 3 is 2.60 bits per heavy atom. The average Bonchev–Trinajstić information content (AvgIpc) is 2.62. The van der Waals surface area contributed by atoms with Crippen LogP contribution in [0.4, 0.5) is 0 Å². The smallest absolute Gasteiger partial charge is 0.0455 e. The number of rotatable bonds is 6. The summed E-state index contributed by atoms with van der Waals surface area (Å²) in [6.45, 7) is 10.0. The van der Waals surface area contributed by atoms with Crippen LogP contribution >= 0.6 is 11.8 Å². The van der Waals surface area contributed by atoms with Crippen molar-refractivity contribution in [2.75, 3.05) is 25.4 Å². The molecule has 2 unspecified atom stereocenters. The van der Waals surface area contributed by atoms with E-state index in [2.05, 4.69) is 37.4 Å². The van der Waals surface area contributed by atoms with E-state index in [1.807, 2.05) is 0 Å². The zero-order chi connectivity index (χ0) is 11.3. The van der Waals surface area contributed by atoms with Gasteiger partial charge in [0, 0.05) is 17.3 Å². The van der Waals surface area contributed by atoms with Crippen LogP contribution in [-0.2, 0) is 0 Å². The van der Waals surface area contributed by atoms with Gasteiger partial charge in [-0.3, -0.25) is 4.90 Å². The number of likely N-dealkylation sites (N-methyl/N-ethyl adjacent to an activating group) is 1. The van der Waals surface area contributed by atoms with Gasteiger partial charge in [-0.2, -0.15) is 11.8 Å². The molecule has 15 heavy (non-hydrogen) atoms. The average molecular weight is 230 g/mol. The van der Waals surface area contributed by atoms with Crippen molar-refractivity contribution >= 4 is 11.8 Å². The first-order valence-electron chi connectivity index (χ1n) is 6.28. The van der Waals surface area contributed by atoms with Crippen LogP contribution < -0.4 is 5.73 Å². The fourth-order valence-electron chi connectivity index (χ4n) is 2.63. The zero-order valence-electron chi connectivity index (χ0n) is 10.5. The highest BCUT2D eigenvalue weighted by atomic mass is 32.2. The van der Waals surface area contributed by atoms with E-state index in [0.717, 1.165) is 13.1 Å². The van der Waals surface area contributed by atoms with Gasteiger partial charge in [0.25, 0.3) is 0 Å². The molecule has 0 aromatic carbocycles. The van der Waals surface area contributed by atoms with Crippen molar-refractivity contribution in [2.45, 2.75) is 50.8 Å². The molecule has 0 aromatic heterocycles. The van der Waals surface area contributed by atoms with Crippen LogP contribution in [0.15, 0.2) is 0 Å². The number of nitrogens with zero attached hydrogens (tertiary/aromatic N) is 1. The van der Waals surface area contributed by atoms with Crippen LogP contribution in [0.3, 0.4) is 0 Å². The maximum Gasteiger partial charge on any atom is 0.0455 e. The molecule has 2 N–H and O–H groups in total. The van der Waals surface area contributed by atoms with E-state index in [4.69, 9.17) is 5.73 Å². The molecule has 0 aliphatic carbocycles. The standard InChI is InChI=1S/C12H26N2S/c1-4-6-8-14(5-2)12(10-13)7-9-15-11(12)3/h11H,4-10,13H2,1-3H3. The van der Waals surface area contributed by atoms with Crippen molar-refractivity contribution in [1.29, 1.82) is 0 Å². The molecule has 1 aliphatic heterocycles. The van der Waals surface area contributed by atoms with E-state index in [1.54, 1.807) is 0 Å². The molecule has 0 bridgehead atoms. The lowest BCUT2D eigenvalue weighted by Crippen LogP contribution is -2.57. The van der Waals surface area contributed by atoms with Crippen molar-refractivity contribution in [3.05, 3.63) is 0 Å². The van der Waals surface area contributed by atoms with E-state index in [-0.39, 0.29) is 5.54 Å². The molecule has 0 radical (unpaired) electrons. The van der Waals surface area contributed by atoms with Crippen LogP contribution in [-0.4, -0.2) is 41.1 Å². The summed E-state index contributed by atoms with van der Waals surface area (Å²) in [5.74, 6) is 1.28. The second-order valence-corrected chi connectivity index (χ2v) is 5.95. The van der Waals surface area contributed by atoms with Crippen LogP contribution in [0, 0.1) is 0 Å². The molecule has 3 heteroatoms. The van der Waals surface area contributed by atoms with Crippen molar-refractivity contribution in [2.24, 2.45) is 5.73 Å². The Kier molecular flexibility index (Phi) is 5.44. The first-order valence-corrected chi connectivity index (χ1v) is 7.32. The van der Waals surface area contributed by atoms with Gasteiger partial charge in [0.05, 0.1) is 0 Å². The zero-order valence-corrected chi connectivity index (χ0v) is 11.3. The molecule has 1 aliphatic rings. The molecule has 1 saturated heterocycles. The Bertz CT molecular complexity index is 186. The summed E-state index contributed by atoms with van der Waals surface area (Å²) in [4.78, 5) is 2.63. The number of nitrogens with two attached hydrogens (primary N) is 1. The Labute approximate surface area is 99.0 Å². The highest BCUT2D eigenvalue weighted by Gasteiger charge is 2.43. The highest BCUT2D eigenvalue weighted by Crippen LogP contribution is 2.39. The normalized spacial score (nSPS) is 31.4. The van der Waals surface area contributed by atoms with Gasteiger partial charge in [0.1, 0.15) is 0 Å². The fraction of sp³-hybridized carbons (Fsp3) is 1.00. The van der Waals surface area contributed by atoms with Crippen LogP contribution in [0.25, 0.3) is 0 Å². The van der Waals surface area contributed by atoms with Gasteiger partial charge in [-0.05, 0) is 31.7 Å². The molecule has 0 spiro atoms. The quantitative estimate of drug-likeness (QED) is 0.759. The SMILES string of the molecule is CCCCN(CC)C1(CN)CCSC1C. The highest BCUT2D eigenvalue weighted by molar-refractivity contribution is 8.00. The Morgan fingerprint density at radius 2 is 2.20 bits per heavy atom. The first kappa shape index (κ1) is 13.3. The van der Waals surface area contributed by atoms with Gasteiger partial charge in [0.15, 0.2) is 0 Å². The Hall–Kier alpha value is 0.270. The number of hydrogen-bond acceptors (Lipinski definition) is 3. The molecular formula is C12H26N2S. The van der Waals surface area contributed by atoms with E-state index in [0.29, 0.717) is 5.25 Å². The summed E-state index contributed by atoms with van der Waals surface area (Å²) >= 11 is 2.08. The maximum absolute atomic E-state index is 6.05. The number of unbranched alkanes of at least 4 members (excludes halogenated alkanes) is 1. The second-order valence-electron chi connectivity index (χ2n) is 4.50. The molecular weight excluding hydrogens is 204 g/mol. The van der Waals surface area contributed by atoms with Crippen molar-refractivity contribution < 1.29 is 0 Å². The lowest BCUT2D eigenvalue weighted by molar-refractivity contribution is 0.102. The largest absolute Gasteiger partial charge is 0.329 e. The molecule has 0 amide bonds. The van der Waals surface area contributed by atoms with Crippen molar-refractivity contribution in [3.63, 3.8) is 0 Å². The van der Waals surface area contributed by atoms with E-state index in [9.17, 15) is 0 Å². The Morgan fingerprint density at radius 1 is 1.47 bits per heavy atom. The topological polar surface area (TPSA) is 29.3 Å². The predicted molar refractivity (Wildman–Crippen MR) is 70.5 cm³/mol. The number of hydrogen-bond donors (Lipinski definition) is 1. The van der Waals surface area contributed by atoms with Gasteiger partial charge in [-0.25, -0.2) is 0 Å². The maximum atomic E-state index is 6.05. The number of thioether (sulfide) groups is 1. The molecule has 0 aromatic rings. The summed E-state index contributed by atoms with van der Waals surface area (Å²) in [6, 6.07) is 0. The van der Waals surface area contributed by atoms with Crippen LogP contribution in [0.2, 0.25) is 0 Å². The van der Waals surface area contributed by atoms with Crippen LogP contribution in [0.1, 0.15) is 40.0 Å². The summed E-state index contributed by atoms with van der Waals surface area (Å²) in [5.41, 5.74) is 6.34. The van der Waals surface area contributed by atoms with Gasteiger partial charge >= 0.3 is 0 Å². The summed E-state index contributed by atoms with van der Waals surface area (Å²) < 4.78 is 0. The molecule has 2 atom stereocenters. The van der Waals surface area contributed by atoms with Gasteiger partial charge in [0.2, 0.25) is 0 Å². The fourth-order valence-corrected chi connectivity index (χ4v) is 4.13. The summed E-state index contributed by atoms with van der Waals surface area (Å²) in [6.07, 6.45) is 3.85. The van der Waals surface area contributed by atoms with Crippen molar-refractivity contribution in [3.8, 4) is 0 Å². The first-order chi connectivity index (χ1) is 7.21. The summed E-state index contributed by atoms with van der Waals surface area (Å²) in [5, 5.41) is 0.694. The molecule has 0 saturated carbocycles. The molecule has 1 rings (SSSR count). The monoisotopic (exact) mass is 230 g/mol. The lowest BCUT2D eigenvalue weighted by atomic mass is 9.90. The van der Waals surface area contributed by atoms with E-state index < -0.39 is 0 Å². The molecule has 2 nitrogen and oxygen atoms in total. The third-order valence-electron chi connectivity index (χ3n) is 3.81. The molecule has 1 fully saturated rings. The molecule has 90 valence electrons. The van der Waals surface area contributed by atoms with E-state index >= 15 is 0 Å². The van der Waals surface area contributed by atoms with Gasteiger partial charge in [-0.1, -0.05) is 27.2 Å². The second kappa shape index (κ2) is 6.12. The van der Waals surface area contributed by atoms with E-state index in [1.165, 1.54) is 31.6 Å². The predicted octanol–water partition coefficient (Wildman–Crippen LogP) is 2.33. The lowest BCUT2D eigenvalue weighted by Gasteiger charge is -2.43. The third-order valence-corrected chi connectivity index (χ3v) is 5.18. The molecule has 1 heterocycles. The third kappa shape index (κ3) is 2.69. The minimum absolute atomic E-state index is 0.286. The minimum atomic E-state index is 0.286. The van der Waals surface area contributed by atoms with Crippen LogP contribution in [0.5, 0.6) is 0 Å². The minimum Gasteiger partial charge on any atom is -0.329 e. The van der Waals surface area contributed by atoms with Gasteiger partial charge in [-0.15, -0.1) is 0 Å². The Balaban J connectivity index is 2.68.